The predicted octanol–water partition coefficient (Wildman–Crippen LogP) is 4.04. The summed E-state index contributed by atoms with van der Waals surface area (Å²) >= 11 is 0. The van der Waals surface area contributed by atoms with Crippen molar-refractivity contribution < 1.29 is 14.3 Å². The van der Waals surface area contributed by atoms with E-state index in [9.17, 15) is 4.79 Å². The molecule has 134 valence electrons. The predicted molar refractivity (Wildman–Crippen MR) is 100 cm³/mol. The zero-order valence-electron chi connectivity index (χ0n) is 15.4. The molecule has 0 heterocycles. The first kappa shape index (κ1) is 18.8. The second kappa shape index (κ2) is 9.11. The van der Waals surface area contributed by atoms with E-state index < -0.39 is 6.10 Å². The van der Waals surface area contributed by atoms with Crippen LogP contribution in [0, 0.1) is 13.8 Å². The number of hydrogen-bond donors (Lipinski definition) is 1. The number of carbonyl (C=O) groups is 1. The Hall–Kier alpha value is -2.49. The van der Waals surface area contributed by atoms with Crippen LogP contribution in [0.15, 0.2) is 48.5 Å². The minimum Gasteiger partial charge on any atom is -0.491 e. The van der Waals surface area contributed by atoms with Gasteiger partial charge in [-0.15, -0.1) is 0 Å². The van der Waals surface area contributed by atoms with Gasteiger partial charge in [-0.25, -0.2) is 0 Å². The third kappa shape index (κ3) is 6.14. The van der Waals surface area contributed by atoms with Crippen LogP contribution in [-0.2, 0) is 4.79 Å². The Kier molecular flexibility index (Phi) is 6.87. The summed E-state index contributed by atoms with van der Waals surface area (Å²) in [6.45, 7) is 8.30. The molecule has 0 fully saturated rings. The first-order valence-electron chi connectivity index (χ1n) is 8.71. The lowest BCUT2D eigenvalue weighted by Gasteiger charge is -2.21. The van der Waals surface area contributed by atoms with Gasteiger partial charge >= 0.3 is 0 Å². The third-order valence-electron chi connectivity index (χ3n) is 3.84. The minimum absolute atomic E-state index is 0.107. The first-order valence-corrected chi connectivity index (χ1v) is 8.71. The average Bonchev–Trinajstić information content (AvgIpc) is 2.59. The van der Waals surface area contributed by atoms with Gasteiger partial charge in [0.15, 0.2) is 6.10 Å². The maximum Gasteiger partial charge on any atom is 0.261 e. The van der Waals surface area contributed by atoms with E-state index in [1.165, 1.54) is 5.56 Å². The standard InChI is InChI=1S/C21H27NO3/c1-5-20(25-19-8-6-7-16(3)13-19)21(23)22-17(4)14-24-18-11-9-15(2)10-12-18/h6-13,17,20H,5,14H2,1-4H3,(H,22,23)/t17-,20+/m1/s1. The smallest absolute Gasteiger partial charge is 0.261 e. The van der Waals surface area contributed by atoms with Crippen LogP contribution in [0.5, 0.6) is 11.5 Å². The number of amides is 1. The van der Waals surface area contributed by atoms with Crippen molar-refractivity contribution in [1.29, 1.82) is 0 Å². The molecule has 1 N–H and O–H groups in total. The minimum atomic E-state index is -0.511. The van der Waals surface area contributed by atoms with Crippen molar-refractivity contribution in [3.05, 3.63) is 59.7 Å². The summed E-state index contributed by atoms with van der Waals surface area (Å²) in [4.78, 5) is 12.4. The Morgan fingerprint density at radius 1 is 1.04 bits per heavy atom. The lowest BCUT2D eigenvalue weighted by atomic mass is 10.2. The molecule has 0 saturated heterocycles. The summed E-state index contributed by atoms with van der Waals surface area (Å²) in [6, 6.07) is 15.5. The topological polar surface area (TPSA) is 47.6 Å². The van der Waals surface area contributed by atoms with Crippen LogP contribution in [0.1, 0.15) is 31.4 Å². The van der Waals surface area contributed by atoms with E-state index in [4.69, 9.17) is 9.47 Å². The molecule has 0 aromatic heterocycles. The van der Waals surface area contributed by atoms with E-state index in [1.807, 2.05) is 76.2 Å². The molecule has 0 saturated carbocycles. The summed E-state index contributed by atoms with van der Waals surface area (Å²) in [7, 11) is 0. The number of carbonyl (C=O) groups excluding carboxylic acids is 1. The van der Waals surface area contributed by atoms with Gasteiger partial charge in [0.05, 0.1) is 6.04 Å². The molecule has 2 aromatic carbocycles. The molecule has 0 aliphatic carbocycles. The van der Waals surface area contributed by atoms with E-state index in [1.54, 1.807) is 0 Å². The molecule has 25 heavy (non-hydrogen) atoms. The van der Waals surface area contributed by atoms with Gasteiger partial charge in [0.25, 0.3) is 5.91 Å². The van der Waals surface area contributed by atoms with Gasteiger partial charge in [0, 0.05) is 0 Å². The van der Waals surface area contributed by atoms with Crippen LogP contribution in [0.25, 0.3) is 0 Å². The Morgan fingerprint density at radius 3 is 2.40 bits per heavy atom. The lowest BCUT2D eigenvalue weighted by molar-refractivity contribution is -0.128. The number of nitrogens with one attached hydrogen (secondary N) is 1. The zero-order valence-corrected chi connectivity index (χ0v) is 15.4. The average molecular weight is 341 g/mol. The number of aryl methyl sites for hydroxylation is 2. The third-order valence-corrected chi connectivity index (χ3v) is 3.84. The van der Waals surface area contributed by atoms with Crippen LogP contribution in [0.2, 0.25) is 0 Å². The highest BCUT2D eigenvalue weighted by atomic mass is 16.5. The summed E-state index contributed by atoms with van der Waals surface area (Å²) in [5.74, 6) is 1.39. The molecule has 4 nitrogen and oxygen atoms in total. The van der Waals surface area contributed by atoms with Gasteiger partial charge in [-0.3, -0.25) is 4.79 Å². The highest BCUT2D eigenvalue weighted by Crippen LogP contribution is 2.16. The number of rotatable bonds is 8. The van der Waals surface area contributed by atoms with Crippen LogP contribution in [-0.4, -0.2) is 24.7 Å². The van der Waals surface area contributed by atoms with Crippen LogP contribution < -0.4 is 14.8 Å². The quantitative estimate of drug-likeness (QED) is 0.788. The first-order chi connectivity index (χ1) is 12.0. The summed E-state index contributed by atoms with van der Waals surface area (Å²) in [5.41, 5.74) is 2.29. The normalized spacial score (nSPS) is 13.0. The fourth-order valence-electron chi connectivity index (χ4n) is 2.41. The fraction of sp³-hybridized carbons (Fsp3) is 0.381. The monoisotopic (exact) mass is 341 g/mol. The van der Waals surface area contributed by atoms with Crippen LogP contribution >= 0.6 is 0 Å². The van der Waals surface area contributed by atoms with Gasteiger partial charge in [0.1, 0.15) is 18.1 Å². The molecule has 1 amide bonds. The van der Waals surface area contributed by atoms with Crippen molar-refractivity contribution in [3.63, 3.8) is 0 Å². The van der Waals surface area contributed by atoms with E-state index in [-0.39, 0.29) is 11.9 Å². The maximum atomic E-state index is 12.4. The van der Waals surface area contributed by atoms with Crippen LogP contribution in [0.3, 0.4) is 0 Å². The summed E-state index contributed by atoms with van der Waals surface area (Å²) < 4.78 is 11.5. The molecule has 2 atom stereocenters. The summed E-state index contributed by atoms with van der Waals surface area (Å²) in [6.07, 6.45) is 0.0920. The fourth-order valence-corrected chi connectivity index (χ4v) is 2.41. The molecule has 0 radical (unpaired) electrons. The number of ether oxygens (including phenoxy) is 2. The van der Waals surface area contributed by atoms with E-state index in [0.717, 1.165) is 11.3 Å². The van der Waals surface area contributed by atoms with E-state index >= 15 is 0 Å². The Morgan fingerprint density at radius 2 is 1.76 bits per heavy atom. The van der Waals surface area contributed by atoms with Gasteiger partial charge in [-0.05, 0) is 57.0 Å². The number of hydrogen-bond acceptors (Lipinski definition) is 3. The Labute approximate surface area is 150 Å². The van der Waals surface area contributed by atoms with Gasteiger partial charge < -0.3 is 14.8 Å². The molecule has 4 heteroatoms. The SMILES string of the molecule is CC[C@H](Oc1cccc(C)c1)C(=O)N[C@H](C)COc1ccc(C)cc1. The maximum absolute atomic E-state index is 12.4. The van der Waals surface area contributed by atoms with E-state index in [2.05, 4.69) is 5.32 Å². The van der Waals surface area contributed by atoms with Crippen molar-refractivity contribution >= 4 is 5.91 Å². The van der Waals surface area contributed by atoms with Crippen molar-refractivity contribution in [2.75, 3.05) is 6.61 Å². The highest BCUT2D eigenvalue weighted by molar-refractivity contribution is 5.81. The highest BCUT2D eigenvalue weighted by Gasteiger charge is 2.20. The Balaban J connectivity index is 1.84. The van der Waals surface area contributed by atoms with Crippen molar-refractivity contribution in [2.45, 2.75) is 46.3 Å². The Bertz CT molecular complexity index is 682. The molecule has 2 aromatic rings. The molecule has 0 aliphatic rings. The molecule has 0 spiro atoms. The molecular weight excluding hydrogens is 314 g/mol. The van der Waals surface area contributed by atoms with Crippen molar-refractivity contribution in [1.82, 2.24) is 5.32 Å². The van der Waals surface area contributed by atoms with Crippen LogP contribution in [0.4, 0.5) is 0 Å². The molecule has 0 bridgehead atoms. The number of benzene rings is 2. The lowest BCUT2D eigenvalue weighted by Crippen LogP contribution is -2.44. The molecule has 0 unspecified atom stereocenters. The second-order valence-corrected chi connectivity index (χ2v) is 6.36. The van der Waals surface area contributed by atoms with Crippen molar-refractivity contribution in [3.8, 4) is 11.5 Å². The molecule has 2 rings (SSSR count). The summed E-state index contributed by atoms with van der Waals surface area (Å²) in [5, 5.41) is 2.96. The van der Waals surface area contributed by atoms with Gasteiger partial charge in [0.2, 0.25) is 0 Å². The zero-order chi connectivity index (χ0) is 18.2. The van der Waals surface area contributed by atoms with Gasteiger partial charge in [-0.2, -0.15) is 0 Å². The second-order valence-electron chi connectivity index (χ2n) is 6.36. The largest absolute Gasteiger partial charge is 0.491 e. The molecular formula is C21H27NO3. The van der Waals surface area contributed by atoms with Crippen molar-refractivity contribution in [2.24, 2.45) is 0 Å². The molecule has 0 aliphatic heterocycles. The van der Waals surface area contributed by atoms with E-state index in [0.29, 0.717) is 18.8 Å². The van der Waals surface area contributed by atoms with Gasteiger partial charge in [-0.1, -0.05) is 36.8 Å².